The quantitative estimate of drug-likeness (QED) is 0.298. The first kappa shape index (κ1) is 24.7. The maximum atomic E-state index is 12.9. The smallest absolute Gasteiger partial charge is 0.353 e. The molecular formula is C22H24N4O8S. The highest BCUT2D eigenvalue weighted by molar-refractivity contribution is 8.03. The molecule has 0 bridgehead atoms. The number of anilines is 1. The summed E-state index contributed by atoms with van der Waals surface area (Å²) in [5.41, 5.74) is 0.119. The van der Waals surface area contributed by atoms with Crippen molar-refractivity contribution in [3.63, 3.8) is 0 Å². The summed E-state index contributed by atoms with van der Waals surface area (Å²) in [5.74, 6) is -4.41. The Hall–Kier alpha value is -3.45. The molecule has 6 atom stereocenters. The van der Waals surface area contributed by atoms with Crippen molar-refractivity contribution in [1.29, 1.82) is 0 Å². The van der Waals surface area contributed by atoms with Crippen molar-refractivity contribution in [1.82, 2.24) is 9.91 Å². The Bertz CT molecular complexity index is 1140. The molecule has 3 aliphatic rings. The number of fused-ring (bicyclic) bond motifs is 1. The third-order valence-electron chi connectivity index (χ3n) is 6.63. The van der Waals surface area contributed by atoms with E-state index >= 15 is 0 Å². The molecule has 12 nitrogen and oxygen atoms in total. The SMILES string of the molecule is C[C@@H](O)C1C(=O)N2C(C(=O)O)=C(S[C@H]3C[C@@H](C(=O)Nc4cccc(C(=O)O)c4)N(N=O)C3)[C@H](C)C12. The predicted octanol–water partition coefficient (Wildman–Crippen LogP) is 1.33. The number of thioether (sulfide) groups is 1. The van der Waals surface area contributed by atoms with Gasteiger partial charge in [0.1, 0.15) is 11.7 Å². The van der Waals surface area contributed by atoms with Crippen LogP contribution in [0.1, 0.15) is 30.6 Å². The van der Waals surface area contributed by atoms with Crippen LogP contribution in [-0.4, -0.2) is 79.0 Å². The van der Waals surface area contributed by atoms with E-state index in [1.807, 2.05) is 0 Å². The van der Waals surface area contributed by atoms with E-state index in [9.17, 15) is 34.3 Å². The summed E-state index contributed by atoms with van der Waals surface area (Å²) in [5, 5.41) is 35.2. The monoisotopic (exact) mass is 504 g/mol. The van der Waals surface area contributed by atoms with Crippen LogP contribution in [0.2, 0.25) is 0 Å². The maximum Gasteiger partial charge on any atom is 0.353 e. The molecule has 2 saturated heterocycles. The van der Waals surface area contributed by atoms with Gasteiger partial charge in [0.05, 0.1) is 35.5 Å². The van der Waals surface area contributed by atoms with Gasteiger partial charge < -0.3 is 25.5 Å². The summed E-state index contributed by atoms with van der Waals surface area (Å²) in [6, 6.07) is 4.28. The zero-order valence-corrected chi connectivity index (χ0v) is 19.6. The molecule has 2 unspecified atom stereocenters. The second-order valence-corrected chi connectivity index (χ2v) is 10.2. The minimum atomic E-state index is -1.25. The van der Waals surface area contributed by atoms with Crippen LogP contribution in [0.3, 0.4) is 0 Å². The number of benzene rings is 1. The van der Waals surface area contributed by atoms with Gasteiger partial charge in [-0.05, 0) is 31.5 Å². The molecule has 0 radical (unpaired) electrons. The number of aliphatic hydroxyl groups is 1. The number of aliphatic carboxylic acids is 1. The summed E-state index contributed by atoms with van der Waals surface area (Å²) in [6.07, 6.45) is -0.734. The fourth-order valence-corrected chi connectivity index (χ4v) is 6.53. The highest BCUT2D eigenvalue weighted by atomic mass is 32.2. The summed E-state index contributed by atoms with van der Waals surface area (Å²) < 4.78 is 0. The molecule has 2 amide bonds. The van der Waals surface area contributed by atoms with Gasteiger partial charge in [-0.3, -0.25) is 9.59 Å². The fourth-order valence-electron chi connectivity index (χ4n) is 5.01. The van der Waals surface area contributed by atoms with E-state index in [2.05, 4.69) is 10.6 Å². The molecule has 4 N–H and O–H groups in total. The van der Waals surface area contributed by atoms with Gasteiger partial charge in [0, 0.05) is 21.8 Å². The van der Waals surface area contributed by atoms with E-state index in [1.54, 1.807) is 6.92 Å². The molecule has 186 valence electrons. The third kappa shape index (κ3) is 4.25. The molecule has 0 saturated carbocycles. The van der Waals surface area contributed by atoms with Crippen molar-refractivity contribution in [2.45, 2.75) is 43.7 Å². The molecule has 3 aliphatic heterocycles. The number of amides is 2. The number of aromatic carboxylic acids is 1. The summed E-state index contributed by atoms with van der Waals surface area (Å²) in [4.78, 5) is 61.7. The number of carbonyl (C=O) groups is 4. The van der Waals surface area contributed by atoms with Gasteiger partial charge in [0.25, 0.3) is 0 Å². The van der Waals surface area contributed by atoms with Gasteiger partial charge in [-0.15, -0.1) is 16.7 Å². The number of carboxylic acids is 2. The number of rotatable bonds is 8. The van der Waals surface area contributed by atoms with Gasteiger partial charge in [-0.2, -0.15) is 0 Å². The lowest BCUT2D eigenvalue weighted by atomic mass is 9.79. The number of nitroso groups, excluding NO2 is 1. The average molecular weight is 505 g/mol. The number of hydrogen-bond acceptors (Lipinski definition) is 8. The van der Waals surface area contributed by atoms with Crippen molar-refractivity contribution < 1.29 is 34.5 Å². The molecule has 13 heteroatoms. The van der Waals surface area contributed by atoms with Crippen LogP contribution in [0, 0.1) is 16.7 Å². The lowest BCUT2D eigenvalue weighted by Crippen LogP contribution is -2.63. The van der Waals surface area contributed by atoms with Gasteiger partial charge in [0.15, 0.2) is 0 Å². The molecule has 35 heavy (non-hydrogen) atoms. The second kappa shape index (κ2) is 9.30. The minimum absolute atomic E-state index is 0.00828. The molecule has 2 fully saturated rings. The Labute approximate surface area is 203 Å². The normalized spacial score (nSPS) is 28.4. The Morgan fingerprint density at radius 1 is 1.23 bits per heavy atom. The fraction of sp³-hybridized carbons (Fsp3) is 0.455. The number of carbonyl (C=O) groups excluding carboxylic acids is 2. The number of nitrogens with one attached hydrogen (secondary N) is 1. The van der Waals surface area contributed by atoms with E-state index in [0.29, 0.717) is 4.91 Å². The van der Waals surface area contributed by atoms with Crippen LogP contribution in [0.4, 0.5) is 5.69 Å². The second-order valence-electron chi connectivity index (χ2n) is 8.84. The lowest BCUT2D eigenvalue weighted by Gasteiger charge is -2.46. The van der Waals surface area contributed by atoms with Crippen molar-refractivity contribution in [3.05, 3.63) is 45.3 Å². The standard InChI is InChI=1S/C22H24N4O8S/c1-9-16-15(10(2)27)20(29)26(16)17(22(32)33)18(9)35-13-7-14(25(8-13)24-34)19(28)23-12-5-3-4-11(6-12)21(30)31/h3-6,9-10,13-16,27H,7-8H2,1-2H3,(H,23,28)(H,30,31)(H,32,33)/t9-,10-,13+,14+,15?,16?/m1/s1. The van der Waals surface area contributed by atoms with Crippen LogP contribution in [-0.2, 0) is 14.4 Å². The number of aliphatic hydroxyl groups excluding tert-OH is 1. The molecule has 1 aromatic carbocycles. The number of β-lactam (4-membered cyclic amide) rings is 1. The highest BCUT2D eigenvalue weighted by Gasteiger charge is 2.60. The van der Waals surface area contributed by atoms with E-state index in [-0.39, 0.29) is 41.1 Å². The summed E-state index contributed by atoms with van der Waals surface area (Å²) in [6.45, 7) is 3.38. The van der Waals surface area contributed by atoms with Crippen molar-refractivity contribution >= 4 is 41.2 Å². The van der Waals surface area contributed by atoms with Gasteiger partial charge in [0.2, 0.25) is 11.8 Å². The Morgan fingerprint density at radius 2 is 1.94 bits per heavy atom. The zero-order valence-electron chi connectivity index (χ0n) is 18.8. The van der Waals surface area contributed by atoms with E-state index in [0.717, 1.165) is 5.01 Å². The van der Waals surface area contributed by atoms with Crippen LogP contribution < -0.4 is 5.32 Å². The Morgan fingerprint density at radius 3 is 2.54 bits per heavy atom. The number of nitrogens with zero attached hydrogens (tertiary/aromatic N) is 3. The predicted molar refractivity (Wildman–Crippen MR) is 124 cm³/mol. The summed E-state index contributed by atoms with van der Waals surface area (Å²) in [7, 11) is 0. The highest BCUT2D eigenvalue weighted by Crippen LogP contribution is 2.52. The van der Waals surface area contributed by atoms with E-state index in [1.165, 1.54) is 47.9 Å². The number of hydrogen-bond donors (Lipinski definition) is 4. The van der Waals surface area contributed by atoms with E-state index < -0.39 is 47.9 Å². The van der Waals surface area contributed by atoms with E-state index in [4.69, 9.17) is 5.11 Å². The van der Waals surface area contributed by atoms with Gasteiger partial charge in [-0.1, -0.05) is 13.0 Å². The first-order chi connectivity index (χ1) is 16.5. The topological polar surface area (TPSA) is 177 Å². The van der Waals surface area contributed by atoms with Gasteiger partial charge in [-0.25, -0.2) is 14.6 Å². The molecule has 4 rings (SSSR count). The lowest BCUT2D eigenvalue weighted by molar-refractivity contribution is -0.163. The van der Waals surface area contributed by atoms with Crippen LogP contribution in [0.25, 0.3) is 0 Å². The Kier molecular flexibility index (Phi) is 6.56. The molecule has 3 heterocycles. The maximum absolute atomic E-state index is 12.9. The van der Waals surface area contributed by atoms with Gasteiger partial charge >= 0.3 is 11.9 Å². The van der Waals surface area contributed by atoms with Crippen molar-refractivity contribution in [2.75, 3.05) is 11.9 Å². The Balaban J connectivity index is 1.50. The molecule has 0 spiro atoms. The molecule has 0 aromatic heterocycles. The largest absolute Gasteiger partial charge is 0.478 e. The number of carboxylic acid groups (broad SMARTS) is 2. The molecule has 0 aliphatic carbocycles. The first-order valence-corrected chi connectivity index (χ1v) is 11.8. The zero-order chi connectivity index (χ0) is 25.6. The third-order valence-corrected chi connectivity index (χ3v) is 8.12. The molecule has 1 aromatic rings. The van der Waals surface area contributed by atoms with Crippen LogP contribution in [0.15, 0.2) is 40.2 Å². The summed E-state index contributed by atoms with van der Waals surface area (Å²) >= 11 is 1.20. The van der Waals surface area contributed by atoms with Crippen molar-refractivity contribution in [3.8, 4) is 0 Å². The van der Waals surface area contributed by atoms with Crippen LogP contribution in [0.5, 0.6) is 0 Å². The molecular weight excluding hydrogens is 480 g/mol. The van der Waals surface area contributed by atoms with Crippen molar-refractivity contribution in [2.24, 2.45) is 17.1 Å². The first-order valence-electron chi connectivity index (χ1n) is 10.9. The van der Waals surface area contributed by atoms with Crippen LogP contribution >= 0.6 is 11.8 Å². The minimum Gasteiger partial charge on any atom is -0.478 e. The average Bonchev–Trinajstić information content (AvgIpc) is 3.31.